The molecule has 98 valence electrons. The zero-order valence-electron chi connectivity index (χ0n) is 11.0. The van der Waals surface area contributed by atoms with Crippen LogP contribution >= 0.6 is 27.3 Å². The Hall–Kier alpha value is 0.140. The fourth-order valence-corrected chi connectivity index (χ4v) is 3.73. The summed E-state index contributed by atoms with van der Waals surface area (Å²) >= 11 is 5.51. The van der Waals surface area contributed by atoms with Gasteiger partial charge in [0.2, 0.25) is 0 Å². The maximum atomic E-state index is 3.67. The fraction of sp³-hybridized carbons (Fsp3) is 0.714. The third-order valence-electron chi connectivity index (χ3n) is 2.95. The first-order chi connectivity index (χ1) is 8.29. The molecule has 3 heteroatoms. The average Bonchev–Trinajstić information content (AvgIpc) is 2.75. The molecule has 1 nitrogen and oxygen atoms in total. The second kappa shape index (κ2) is 9.12. The Morgan fingerprint density at radius 2 is 2.06 bits per heavy atom. The molecule has 1 aromatic rings. The Kier molecular flexibility index (Phi) is 8.15. The van der Waals surface area contributed by atoms with Crippen molar-refractivity contribution in [1.82, 2.24) is 5.32 Å². The van der Waals surface area contributed by atoms with Crippen LogP contribution in [0.4, 0.5) is 0 Å². The molecule has 0 amide bonds. The van der Waals surface area contributed by atoms with Crippen LogP contribution in [-0.2, 0) is 0 Å². The Bertz CT molecular complexity index is 298. The minimum atomic E-state index is 0.543. The summed E-state index contributed by atoms with van der Waals surface area (Å²) in [5.74, 6) is 0. The minimum absolute atomic E-state index is 0.543. The van der Waals surface area contributed by atoms with Gasteiger partial charge < -0.3 is 5.32 Å². The predicted molar refractivity (Wildman–Crippen MR) is 81.8 cm³/mol. The van der Waals surface area contributed by atoms with Crippen LogP contribution < -0.4 is 5.32 Å². The summed E-state index contributed by atoms with van der Waals surface area (Å²) in [7, 11) is 0. The summed E-state index contributed by atoms with van der Waals surface area (Å²) < 4.78 is 1.27. The van der Waals surface area contributed by atoms with Gasteiger partial charge in [-0.25, -0.2) is 0 Å². The third kappa shape index (κ3) is 5.54. The highest BCUT2D eigenvalue weighted by molar-refractivity contribution is 9.10. The summed E-state index contributed by atoms with van der Waals surface area (Å²) in [4.78, 5) is 1.47. The monoisotopic (exact) mass is 317 g/mol. The maximum Gasteiger partial charge on any atom is 0.0426 e. The highest BCUT2D eigenvalue weighted by Crippen LogP contribution is 2.32. The molecule has 17 heavy (non-hydrogen) atoms. The molecule has 0 bridgehead atoms. The number of rotatable bonds is 9. The first kappa shape index (κ1) is 15.2. The summed E-state index contributed by atoms with van der Waals surface area (Å²) in [6.45, 7) is 5.61. The second-order valence-electron chi connectivity index (χ2n) is 4.49. The van der Waals surface area contributed by atoms with E-state index in [0.717, 1.165) is 6.54 Å². The second-order valence-corrected chi connectivity index (χ2v) is 6.29. The van der Waals surface area contributed by atoms with Crippen LogP contribution in [0.15, 0.2) is 15.9 Å². The Labute approximate surface area is 118 Å². The molecule has 0 saturated heterocycles. The third-order valence-corrected chi connectivity index (χ3v) is 4.93. The van der Waals surface area contributed by atoms with Crippen LogP contribution in [0.5, 0.6) is 0 Å². The van der Waals surface area contributed by atoms with Gasteiger partial charge in [0.25, 0.3) is 0 Å². The summed E-state index contributed by atoms with van der Waals surface area (Å²) in [5.41, 5.74) is 0. The van der Waals surface area contributed by atoms with Gasteiger partial charge in [-0.1, -0.05) is 39.5 Å². The van der Waals surface area contributed by atoms with Crippen LogP contribution in [0, 0.1) is 0 Å². The highest BCUT2D eigenvalue weighted by atomic mass is 79.9. The van der Waals surface area contributed by atoms with Crippen molar-refractivity contribution in [3.05, 3.63) is 20.8 Å². The normalized spacial score (nSPS) is 12.9. The van der Waals surface area contributed by atoms with Crippen LogP contribution in [0.25, 0.3) is 0 Å². The first-order valence-corrected chi connectivity index (χ1v) is 8.43. The largest absolute Gasteiger partial charge is 0.309 e. The van der Waals surface area contributed by atoms with Crippen molar-refractivity contribution in [2.45, 2.75) is 58.4 Å². The van der Waals surface area contributed by atoms with Gasteiger partial charge in [-0.05, 0) is 46.8 Å². The van der Waals surface area contributed by atoms with Gasteiger partial charge in [0.1, 0.15) is 0 Å². The van der Waals surface area contributed by atoms with Crippen LogP contribution in [0.3, 0.4) is 0 Å². The topological polar surface area (TPSA) is 12.0 Å². The number of halogens is 1. The molecule has 1 N–H and O–H groups in total. The lowest BCUT2D eigenvalue weighted by atomic mass is 10.1. The van der Waals surface area contributed by atoms with Crippen LogP contribution in [0.1, 0.15) is 63.3 Å². The summed E-state index contributed by atoms with van der Waals surface area (Å²) in [5, 5.41) is 5.84. The molecule has 0 aromatic carbocycles. The Morgan fingerprint density at radius 3 is 2.65 bits per heavy atom. The van der Waals surface area contributed by atoms with Crippen molar-refractivity contribution in [1.29, 1.82) is 0 Å². The quantitative estimate of drug-likeness (QED) is 0.591. The van der Waals surface area contributed by atoms with Gasteiger partial charge in [0.15, 0.2) is 0 Å². The maximum absolute atomic E-state index is 3.67. The van der Waals surface area contributed by atoms with E-state index in [1.807, 2.05) is 11.3 Å². The molecule has 0 saturated carbocycles. The van der Waals surface area contributed by atoms with Gasteiger partial charge in [-0.3, -0.25) is 0 Å². The molecule has 0 aliphatic rings. The minimum Gasteiger partial charge on any atom is -0.309 e. The van der Waals surface area contributed by atoms with Gasteiger partial charge in [0.05, 0.1) is 0 Å². The molecule has 0 spiro atoms. The van der Waals surface area contributed by atoms with Crippen molar-refractivity contribution in [2.24, 2.45) is 0 Å². The fourth-order valence-electron chi connectivity index (χ4n) is 1.97. The van der Waals surface area contributed by atoms with Gasteiger partial charge in [-0.15, -0.1) is 11.3 Å². The number of nitrogens with one attached hydrogen (secondary N) is 1. The Balaban J connectivity index is 2.46. The molecule has 1 heterocycles. The van der Waals surface area contributed by atoms with Gasteiger partial charge >= 0.3 is 0 Å². The van der Waals surface area contributed by atoms with E-state index in [-0.39, 0.29) is 0 Å². The molecular formula is C14H24BrNS. The van der Waals surface area contributed by atoms with Crippen molar-refractivity contribution in [3.63, 3.8) is 0 Å². The molecule has 0 radical (unpaired) electrons. The van der Waals surface area contributed by atoms with E-state index in [1.165, 1.54) is 47.9 Å². The predicted octanol–water partition coefficient (Wildman–Crippen LogP) is 5.52. The van der Waals surface area contributed by atoms with E-state index < -0.39 is 0 Å². The lowest BCUT2D eigenvalue weighted by molar-refractivity contribution is 0.475. The van der Waals surface area contributed by atoms with Crippen LogP contribution in [0.2, 0.25) is 0 Å². The molecule has 0 fully saturated rings. The van der Waals surface area contributed by atoms with Gasteiger partial charge in [0, 0.05) is 15.4 Å². The van der Waals surface area contributed by atoms with E-state index in [1.54, 1.807) is 0 Å². The van der Waals surface area contributed by atoms with E-state index in [4.69, 9.17) is 0 Å². The summed E-state index contributed by atoms with van der Waals surface area (Å²) in [6, 6.07) is 2.70. The van der Waals surface area contributed by atoms with Crippen molar-refractivity contribution >= 4 is 27.3 Å². The Morgan fingerprint density at radius 1 is 1.24 bits per heavy atom. The smallest absolute Gasteiger partial charge is 0.0426 e. The first-order valence-electron chi connectivity index (χ1n) is 6.75. The molecular weight excluding hydrogens is 294 g/mol. The number of hydrogen-bond acceptors (Lipinski definition) is 2. The molecule has 1 atom stereocenters. The molecule has 0 aliphatic heterocycles. The SMILES string of the molecule is CCCCCCC(NCCC)c1sccc1Br. The standard InChI is InChI=1S/C14H24BrNS/c1-3-5-6-7-8-13(16-10-4-2)14-12(15)9-11-17-14/h9,11,13,16H,3-8,10H2,1-2H3. The van der Waals surface area contributed by atoms with Gasteiger partial charge in [-0.2, -0.15) is 0 Å². The highest BCUT2D eigenvalue weighted by Gasteiger charge is 2.14. The molecule has 1 aromatic heterocycles. The van der Waals surface area contributed by atoms with Crippen molar-refractivity contribution in [3.8, 4) is 0 Å². The summed E-state index contributed by atoms with van der Waals surface area (Å²) in [6.07, 6.45) is 7.85. The van der Waals surface area contributed by atoms with E-state index in [9.17, 15) is 0 Å². The van der Waals surface area contributed by atoms with E-state index in [0.29, 0.717) is 6.04 Å². The molecule has 1 unspecified atom stereocenters. The number of unbranched alkanes of at least 4 members (excludes halogenated alkanes) is 3. The zero-order chi connectivity index (χ0) is 12.5. The van der Waals surface area contributed by atoms with E-state index >= 15 is 0 Å². The number of hydrogen-bond donors (Lipinski definition) is 1. The lowest BCUT2D eigenvalue weighted by Gasteiger charge is -2.17. The van der Waals surface area contributed by atoms with Crippen LogP contribution in [-0.4, -0.2) is 6.54 Å². The number of thiophene rings is 1. The zero-order valence-corrected chi connectivity index (χ0v) is 13.4. The van der Waals surface area contributed by atoms with E-state index in [2.05, 4.69) is 46.5 Å². The van der Waals surface area contributed by atoms with Crippen molar-refractivity contribution in [2.75, 3.05) is 6.54 Å². The van der Waals surface area contributed by atoms with Crippen molar-refractivity contribution < 1.29 is 0 Å². The molecule has 0 aliphatic carbocycles. The molecule has 1 rings (SSSR count). The average molecular weight is 318 g/mol. The lowest BCUT2D eigenvalue weighted by Crippen LogP contribution is -2.21.